The van der Waals surface area contributed by atoms with Crippen molar-refractivity contribution in [3.8, 4) is 5.75 Å². The second kappa shape index (κ2) is 4.52. The maximum Gasteiger partial charge on any atom is 0.257 e. The Hall–Kier alpha value is -1.71. The molecule has 0 aliphatic carbocycles. The Morgan fingerprint density at radius 3 is 3.06 bits per heavy atom. The maximum atomic E-state index is 12.6. The Morgan fingerprint density at radius 1 is 1.28 bits per heavy atom. The zero-order chi connectivity index (χ0) is 12.5. The first-order valence-electron chi connectivity index (χ1n) is 6.59. The first-order chi connectivity index (χ1) is 8.75. The molecule has 2 heterocycles. The van der Waals surface area contributed by atoms with Crippen molar-refractivity contribution in [2.75, 3.05) is 18.9 Å². The van der Waals surface area contributed by atoms with Crippen LogP contribution in [0.15, 0.2) is 18.2 Å². The SMILES string of the molecule is Nc1ccc2c(c1)C(=O)N1CCCCC1CCO2. The minimum atomic E-state index is 0.0710. The molecule has 3 rings (SSSR count). The minimum Gasteiger partial charge on any atom is -0.493 e. The van der Waals surface area contributed by atoms with Gasteiger partial charge in [0.05, 0.1) is 12.2 Å². The largest absolute Gasteiger partial charge is 0.493 e. The Balaban J connectivity index is 1.99. The van der Waals surface area contributed by atoms with Gasteiger partial charge in [-0.05, 0) is 37.5 Å². The average molecular weight is 246 g/mol. The van der Waals surface area contributed by atoms with Crippen molar-refractivity contribution in [2.24, 2.45) is 0 Å². The molecule has 1 atom stereocenters. The van der Waals surface area contributed by atoms with Crippen molar-refractivity contribution in [3.63, 3.8) is 0 Å². The number of carbonyl (C=O) groups excluding carboxylic acids is 1. The van der Waals surface area contributed by atoms with E-state index in [1.807, 2.05) is 4.90 Å². The second-order valence-corrected chi connectivity index (χ2v) is 5.04. The Labute approximate surface area is 107 Å². The summed E-state index contributed by atoms with van der Waals surface area (Å²) < 4.78 is 5.70. The molecule has 2 N–H and O–H groups in total. The molecule has 0 bridgehead atoms. The fraction of sp³-hybridized carbons (Fsp3) is 0.500. The van der Waals surface area contributed by atoms with E-state index in [4.69, 9.17) is 10.5 Å². The van der Waals surface area contributed by atoms with Gasteiger partial charge >= 0.3 is 0 Å². The van der Waals surface area contributed by atoms with Crippen LogP contribution < -0.4 is 10.5 Å². The van der Waals surface area contributed by atoms with Gasteiger partial charge in [-0.25, -0.2) is 0 Å². The summed E-state index contributed by atoms with van der Waals surface area (Å²) in [6.07, 6.45) is 4.32. The summed E-state index contributed by atoms with van der Waals surface area (Å²) in [6.45, 7) is 1.53. The number of anilines is 1. The van der Waals surface area contributed by atoms with Gasteiger partial charge in [-0.15, -0.1) is 0 Å². The molecule has 18 heavy (non-hydrogen) atoms. The van der Waals surface area contributed by atoms with Crippen LogP contribution in [-0.4, -0.2) is 30.0 Å². The molecule has 4 nitrogen and oxygen atoms in total. The van der Waals surface area contributed by atoms with E-state index >= 15 is 0 Å². The average Bonchev–Trinajstić information content (AvgIpc) is 2.38. The van der Waals surface area contributed by atoms with Gasteiger partial charge in [0.2, 0.25) is 0 Å². The molecule has 2 aliphatic rings. The smallest absolute Gasteiger partial charge is 0.257 e. The predicted octanol–water partition coefficient (Wildman–Crippen LogP) is 2.05. The Morgan fingerprint density at radius 2 is 2.17 bits per heavy atom. The number of carbonyl (C=O) groups is 1. The third kappa shape index (κ3) is 1.92. The zero-order valence-corrected chi connectivity index (χ0v) is 10.4. The summed E-state index contributed by atoms with van der Waals surface area (Å²) in [5.74, 6) is 0.736. The molecule has 0 aromatic heterocycles. The molecule has 96 valence electrons. The second-order valence-electron chi connectivity index (χ2n) is 5.04. The van der Waals surface area contributed by atoms with E-state index in [1.54, 1.807) is 18.2 Å². The monoisotopic (exact) mass is 246 g/mol. The predicted molar refractivity (Wildman–Crippen MR) is 69.6 cm³/mol. The van der Waals surface area contributed by atoms with E-state index in [1.165, 1.54) is 6.42 Å². The van der Waals surface area contributed by atoms with Crippen LogP contribution in [0, 0.1) is 0 Å². The topological polar surface area (TPSA) is 55.6 Å². The fourth-order valence-corrected chi connectivity index (χ4v) is 2.87. The maximum absolute atomic E-state index is 12.6. The quantitative estimate of drug-likeness (QED) is 0.713. The van der Waals surface area contributed by atoms with Crippen molar-refractivity contribution in [3.05, 3.63) is 23.8 Å². The van der Waals surface area contributed by atoms with E-state index < -0.39 is 0 Å². The molecule has 0 spiro atoms. The van der Waals surface area contributed by atoms with E-state index in [-0.39, 0.29) is 5.91 Å². The lowest BCUT2D eigenvalue weighted by Gasteiger charge is -2.37. The number of amides is 1. The van der Waals surface area contributed by atoms with E-state index in [2.05, 4.69) is 0 Å². The zero-order valence-electron chi connectivity index (χ0n) is 10.4. The molecule has 2 aliphatic heterocycles. The summed E-state index contributed by atoms with van der Waals surface area (Å²) >= 11 is 0. The highest BCUT2D eigenvalue weighted by Crippen LogP contribution is 2.30. The number of benzene rings is 1. The van der Waals surface area contributed by atoms with Crippen LogP contribution in [0.2, 0.25) is 0 Å². The summed E-state index contributed by atoms with van der Waals surface area (Å²) in [7, 11) is 0. The van der Waals surface area contributed by atoms with Crippen LogP contribution in [-0.2, 0) is 0 Å². The van der Waals surface area contributed by atoms with Gasteiger partial charge in [-0.1, -0.05) is 0 Å². The molecule has 1 fully saturated rings. The number of nitrogens with two attached hydrogens (primary N) is 1. The number of hydrogen-bond acceptors (Lipinski definition) is 3. The highest BCUT2D eigenvalue weighted by Gasteiger charge is 2.30. The molecule has 1 aromatic carbocycles. The van der Waals surface area contributed by atoms with Crippen LogP contribution in [0.1, 0.15) is 36.0 Å². The summed E-state index contributed by atoms with van der Waals surface area (Å²) in [6, 6.07) is 5.64. The summed E-state index contributed by atoms with van der Waals surface area (Å²) in [5, 5.41) is 0. The minimum absolute atomic E-state index is 0.0710. The standard InChI is InChI=1S/C14H18N2O2/c15-10-4-5-13-12(9-10)14(17)16-7-2-1-3-11(16)6-8-18-13/h4-5,9,11H,1-3,6-8,15H2. The van der Waals surface area contributed by atoms with Gasteiger partial charge in [-0.3, -0.25) is 4.79 Å². The molecule has 1 aromatic rings. The molecular weight excluding hydrogens is 228 g/mol. The number of piperidine rings is 1. The van der Waals surface area contributed by atoms with Crippen molar-refractivity contribution in [1.29, 1.82) is 0 Å². The van der Waals surface area contributed by atoms with Gasteiger partial charge in [0.15, 0.2) is 0 Å². The first-order valence-corrected chi connectivity index (χ1v) is 6.59. The van der Waals surface area contributed by atoms with Crippen LogP contribution in [0.4, 0.5) is 5.69 Å². The fourth-order valence-electron chi connectivity index (χ4n) is 2.87. The van der Waals surface area contributed by atoms with Crippen LogP contribution in [0.5, 0.6) is 5.75 Å². The van der Waals surface area contributed by atoms with Crippen molar-refractivity contribution in [1.82, 2.24) is 4.90 Å². The third-order valence-corrected chi connectivity index (χ3v) is 3.83. The summed E-state index contributed by atoms with van der Waals surface area (Å²) in [5.41, 5.74) is 7.00. The van der Waals surface area contributed by atoms with E-state index in [0.29, 0.717) is 29.6 Å². The van der Waals surface area contributed by atoms with Gasteiger partial charge in [0.1, 0.15) is 5.75 Å². The van der Waals surface area contributed by atoms with Crippen molar-refractivity contribution in [2.45, 2.75) is 31.7 Å². The molecule has 0 radical (unpaired) electrons. The van der Waals surface area contributed by atoms with Crippen molar-refractivity contribution < 1.29 is 9.53 Å². The molecule has 4 heteroatoms. The number of hydrogen-bond donors (Lipinski definition) is 1. The molecule has 1 amide bonds. The summed E-state index contributed by atoms with van der Waals surface area (Å²) in [4.78, 5) is 14.6. The van der Waals surface area contributed by atoms with E-state index in [9.17, 15) is 4.79 Å². The number of rotatable bonds is 0. The molecule has 1 saturated heterocycles. The number of nitrogens with zero attached hydrogens (tertiary/aromatic N) is 1. The van der Waals surface area contributed by atoms with Gasteiger partial charge in [0, 0.05) is 24.7 Å². The highest BCUT2D eigenvalue weighted by atomic mass is 16.5. The normalized spacial score (nSPS) is 23.4. The van der Waals surface area contributed by atoms with E-state index in [0.717, 1.165) is 25.8 Å². The number of ether oxygens (including phenoxy) is 1. The third-order valence-electron chi connectivity index (χ3n) is 3.83. The molecule has 0 saturated carbocycles. The van der Waals surface area contributed by atoms with Crippen LogP contribution >= 0.6 is 0 Å². The number of fused-ring (bicyclic) bond motifs is 2. The lowest BCUT2D eigenvalue weighted by atomic mass is 9.97. The van der Waals surface area contributed by atoms with Crippen molar-refractivity contribution >= 4 is 11.6 Å². The van der Waals surface area contributed by atoms with Gasteiger partial charge < -0.3 is 15.4 Å². The molecular formula is C14H18N2O2. The Bertz CT molecular complexity index is 473. The van der Waals surface area contributed by atoms with Gasteiger partial charge in [0.25, 0.3) is 5.91 Å². The van der Waals surface area contributed by atoms with Crippen LogP contribution in [0.3, 0.4) is 0 Å². The molecule has 1 unspecified atom stereocenters. The number of nitrogen functional groups attached to an aromatic ring is 1. The lowest BCUT2D eigenvalue weighted by Crippen LogP contribution is -2.45. The lowest BCUT2D eigenvalue weighted by molar-refractivity contribution is 0.0549. The Kier molecular flexibility index (Phi) is 2.86. The van der Waals surface area contributed by atoms with Crippen LogP contribution in [0.25, 0.3) is 0 Å². The first kappa shape index (κ1) is 11.4. The highest BCUT2D eigenvalue weighted by molar-refractivity contribution is 5.98. The van der Waals surface area contributed by atoms with Gasteiger partial charge in [-0.2, -0.15) is 0 Å².